The summed E-state index contributed by atoms with van der Waals surface area (Å²) in [4.78, 5) is 23.4. The lowest BCUT2D eigenvalue weighted by molar-refractivity contribution is -0.0857. The van der Waals surface area contributed by atoms with Crippen molar-refractivity contribution in [3.05, 3.63) is 58.8 Å². The Morgan fingerprint density at radius 2 is 2.06 bits per heavy atom. The van der Waals surface area contributed by atoms with Gasteiger partial charge in [-0.15, -0.1) is 0 Å². The Kier molecular flexibility index (Phi) is 6.46. The maximum Gasteiger partial charge on any atom is 0.417 e. The van der Waals surface area contributed by atoms with E-state index in [-0.39, 0.29) is 30.9 Å². The minimum atomic E-state index is -4.53. The molecule has 10 heteroatoms. The number of amides is 1. The fourth-order valence-corrected chi connectivity index (χ4v) is 4.12. The summed E-state index contributed by atoms with van der Waals surface area (Å²) in [7, 11) is 0. The Morgan fingerprint density at radius 1 is 1.32 bits per heavy atom. The second-order valence-corrected chi connectivity index (χ2v) is 8.29. The van der Waals surface area contributed by atoms with Crippen molar-refractivity contribution < 1.29 is 27.4 Å². The van der Waals surface area contributed by atoms with Gasteiger partial charge < -0.3 is 20.1 Å². The largest absolute Gasteiger partial charge is 0.417 e. The highest BCUT2D eigenvalue weighted by Crippen LogP contribution is 2.32. The van der Waals surface area contributed by atoms with Gasteiger partial charge in [0.05, 0.1) is 48.8 Å². The van der Waals surface area contributed by atoms with Gasteiger partial charge in [-0.1, -0.05) is 12.7 Å². The van der Waals surface area contributed by atoms with Crippen LogP contribution in [0.1, 0.15) is 35.3 Å². The molecule has 34 heavy (non-hydrogen) atoms. The zero-order valence-electron chi connectivity index (χ0n) is 18.9. The number of carbonyl (C=O) groups is 1. The third kappa shape index (κ3) is 4.55. The first-order valence-electron chi connectivity index (χ1n) is 10.8. The molecular weight excluding hydrogens is 449 g/mol. The molecular formula is C24H25F3N4O3. The summed E-state index contributed by atoms with van der Waals surface area (Å²) in [5, 5.41) is 0.783. The van der Waals surface area contributed by atoms with Gasteiger partial charge in [0.1, 0.15) is 5.82 Å². The van der Waals surface area contributed by atoms with E-state index in [1.807, 2.05) is 6.92 Å². The molecule has 2 N–H and O–H groups in total. The van der Waals surface area contributed by atoms with E-state index >= 15 is 0 Å². The third-order valence-corrected chi connectivity index (χ3v) is 6.00. The summed E-state index contributed by atoms with van der Waals surface area (Å²) in [6, 6.07) is 4.43. The molecule has 2 aliphatic heterocycles. The Morgan fingerprint density at radius 3 is 2.76 bits per heavy atom. The number of allylic oxidation sites excluding steroid dienone is 2. The molecule has 0 saturated carbocycles. The summed E-state index contributed by atoms with van der Waals surface area (Å²) in [5.74, 6) is 0.111. The van der Waals surface area contributed by atoms with Crippen LogP contribution < -0.4 is 5.73 Å². The van der Waals surface area contributed by atoms with E-state index in [1.165, 1.54) is 6.92 Å². The van der Waals surface area contributed by atoms with Crippen molar-refractivity contribution in [1.82, 2.24) is 9.88 Å². The van der Waals surface area contributed by atoms with Crippen molar-refractivity contribution in [2.45, 2.75) is 45.4 Å². The molecule has 0 unspecified atom stereocenters. The van der Waals surface area contributed by atoms with E-state index in [4.69, 9.17) is 15.2 Å². The molecule has 7 nitrogen and oxygen atoms in total. The average Bonchev–Trinajstić information content (AvgIpc) is 3.29. The molecule has 1 amide bonds. The summed E-state index contributed by atoms with van der Waals surface area (Å²) in [6.07, 6.45) is -3.13. The molecule has 3 heterocycles. The third-order valence-electron chi connectivity index (χ3n) is 6.00. The Hall–Kier alpha value is -3.24. The quantitative estimate of drug-likeness (QED) is 0.672. The van der Waals surface area contributed by atoms with Gasteiger partial charge in [-0.05, 0) is 37.6 Å². The number of aromatic nitrogens is 1. The summed E-state index contributed by atoms with van der Waals surface area (Å²) < 4.78 is 50.3. The molecule has 1 aromatic heterocycles. The van der Waals surface area contributed by atoms with Gasteiger partial charge in [-0.3, -0.25) is 9.79 Å². The van der Waals surface area contributed by atoms with E-state index in [0.29, 0.717) is 30.1 Å². The SMILES string of the molecule is C=C(N=C/C(=C\C)C(F)(F)F)[C@@H]1CO[C@H](C)CN1C(=O)c1ccc2nc(N)c3c(c2c1)COC3. The predicted molar refractivity (Wildman–Crippen MR) is 122 cm³/mol. The maximum atomic E-state index is 13.5. The van der Waals surface area contributed by atoms with Gasteiger partial charge in [0.25, 0.3) is 5.91 Å². The summed E-state index contributed by atoms with van der Waals surface area (Å²) in [6.45, 7) is 7.99. The molecule has 2 aliphatic rings. The molecule has 1 aromatic carbocycles. The molecule has 0 aliphatic carbocycles. The van der Waals surface area contributed by atoms with Gasteiger partial charge in [-0.25, -0.2) is 4.98 Å². The van der Waals surface area contributed by atoms with Crippen LogP contribution in [0, 0.1) is 0 Å². The van der Waals surface area contributed by atoms with Crippen LogP contribution in [0.15, 0.2) is 47.1 Å². The fourth-order valence-electron chi connectivity index (χ4n) is 4.12. The number of benzene rings is 1. The molecule has 0 bridgehead atoms. The number of pyridine rings is 1. The number of hydrogen-bond acceptors (Lipinski definition) is 6. The minimum absolute atomic E-state index is 0.0786. The van der Waals surface area contributed by atoms with Crippen LogP contribution in [0.4, 0.5) is 19.0 Å². The topological polar surface area (TPSA) is 90.0 Å². The fraction of sp³-hybridized carbons (Fsp3) is 0.375. The highest BCUT2D eigenvalue weighted by molar-refractivity contribution is 5.99. The summed E-state index contributed by atoms with van der Waals surface area (Å²) in [5.41, 5.74) is 8.04. The zero-order valence-corrected chi connectivity index (χ0v) is 18.9. The lowest BCUT2D eigenvalue weighted by Gasteiger charge is -2.38. The van der Waals surface area contributed by atoms with Gasteiger partial charge in [-0.2, -0.15) is 13.2 Å². The van der Waals surface area contributed by atoms with Gasteiger partial charge in [0, 0.05) is 29.3 Å². The second kappa shape index (κ2) is 9.19. The highest BCUT2D eigenvalue weighted by Gasteiger charge is 2.35. The lowest BCUT2D eigenvalue weighted by Crippen LogP contribution is -2.52. The number of fused-ring (bicyclic) bond motifs is 3. The first-order valence-corrected chi connectivity index (χ1v) is 10.8. The molecule has 2 atom stereocenters. The second-order valence-electron chi connectivity index (χ2n) is 8.29. The van der Waals surface area contributed by atoms with Crippen molar-refractivity contribution in [3.8, 4) is 0 Å². The molecule has 2 aromatic rings. The zero-order chi connectivity index (χ0) is 24.6. The van der Waals surface area contributed by atoms with E-state index in [9.17, 15) is 18.0 Å². The number of carbonyl (C=O) groups excluding carboxylic acids is 1. The molecule has 180 valence electrons. The van der Waals surface area contributed by atoms with Crippen molar-refractivity contribution in [1.29, 1.82) is 0 Å². The number of nitrogens with zero attached hydrogens (tertiary/aromatic N) is 3. The number of anilines is 1. The predicted octanol–water partition coefficient (Wildman–Crippen LogP) is 4.17. The summed E-state index contributed by atoms with van der Waals surface area (Å²) >= 11 is 0. The Labute approximate surface area is 194 Å². The van der Waals surface area contributed by atoms with Gasteiger partial charge >= 0.3 is 6.18 Å². The number of morpholine rings is 1. The van der Waals surface area contributed by atoms with Crippen molar-refractivity contribution >= 4 is 28.8 Å². The minimum Gasteiger partial charge on any atom is -0.383 e. The first kappa shape index (κ1) is 23.9. The van der Waals surface area contributed by atoms with E-state index in [2.05, 4.69) is 16.6 Å². The van der Waals surface area contributed by atoms with Crippen LogP contribution >= 0.6 is 0 Å². The van der Waals surface area contributed by atoms with E-state index in [0.717, 1.165) is 28.8 Å². The van der Waals surface area contributed by atoms with Gasteiger partial charge in [0.15, 0.2) is 0 Å². The first-order chi connectivity index (χ1) is 16.1. The van der Waals surface area contributed by atoms with Crippen molar-refractivity contribution in [2.75, 3.05) is 18.9 Å². The van der Waals surface area contributed by atoms with Crippen molar-refractivity contribution in [3.63, 3.8) is 0 Å². The number of nitrogens with two attached hydrogens (primary N) is 1. The smallest absolute Gasteiger partial charge is 0.383 e. The average molecular weight is 474 g/mol. The number of nitrogen functional groups attached to an aromatic ring is 1. The van der Waals surface area contributed by atoms with Crippen LogP contribution in [-0.4, -0.2) is 53.5 Å². The Bertz CT molecular complexity index is 1210. The van der Waals surface area contributed by atoms with Gasteiger partial charge in [0.2, 0.25) is 0 Å². The highest BCUT2D eigenvalue weighted by atomic mass is 19.4. The number of ether oxygens (including phenoxy) is 2. The lowest BCUT2D eigenvalue weighted by atomic mass is 10.0. The van der Waals surface area contributed by atoms with Crippen molar-refractivity contribution in [2.24, 2.45) is 4.99 Å². The molecule has 0 radical (unpaired) electrons. The van der Waals surface area contributed by atoms with E-state index in [1.54, 1.807) is 23.1 Å². The molecule has 1 fully saturated rings. The number of rotatable bonds is 4. The standard InChI is InChI=1S/C24H25F3N4O3/c1-4-16(24(25,26)27)8-29-14(3)21-12-34-13(2)9-31(21)23(32)15-5-6-20-17(7-15)18-10-33-11-19(18)22(28)30-20/h4-8,13,21H,3,9-12H2,1-2H3,(H2,28,30)/b16-4+,29-8?/t13-,21+/m1/s1. The monoisotopic (exact) mass is 474 g/mol. The van der Waals surface area contributed by atoms with Crippen LogP contribution in [-0.2, 0) is 22.7 Å². The molecule has 1 saturated heterocycles. The Balaban J connectivity index is 1.64. The molecule has 4 rings (SSSR count). The molecule has 0 spiro atoms. The number of halogens is 3. The number of hydrogen-bond donors (Lipinski definition) is 1. The van der Waals surface area contributed by atoms with Crippen LogP contribution in [0.25, 0.3) is 10.9 Å². The van der Waals surface area contributed by atoms with E-state index < -0.39 is 17.8 Å². The van der Waals surface area contributed by atoms with Crippen LogP contribution in [0.3, 0.4) is 0 Å². The number of alkyl halides is 3. The van der Waals surface area contributed by atoms with Crippen LogP contribution in [0.2, 0.25) is 0 Å². The normalized spacial score (nSPS) is 21.3. The maximum absolute atomic E-state index is 13.5. The number of aliphatic imine (C=N–C) groups is 1. The van der Waals surface area contributed by atoms with Crippen LogP contribution in [0.5, 0.6) is 0 Å².